The van der Waals surface area contributed by atoms with Crippen LogP contribution in [0.4, 0.5) is 0 Å². The minimum absolute atomic E-state index is 0.346. The summed E-state index contributed by atoms with van der Waals surface area (Å²) in [6.07, 6.45) is 0. The SMILES string of the molecule is COC(=O)c1ccc(COc2cc(I)c(Cl)cc2Cl)cc1. The number of esters is 1. The van der Waals surface area contributed by atoms with Crippen molar-refractivity contribution < 1.29 is 14.3 Å². The van der Waals surface area contributed by atoms with E-state index in [-0.39, 0.29) is 5.97 Å². The van der Waals surface area contributed by atoms with Gasteiger partial charge in [0.1, 0.15) is 12.4 Å². The van der Waals surface area contributed by atoms with Crippen LogP contribution in [-0.4, -0.2) is 13.1 Å². The molecule has 6 heteroatoms. The fraction of sp³-hybridized carbons (Fsp3) is 0.133. The predicted octanol–water partition coefficient (Wildman–Crippen LogP) is 4.96. The lowest BCUT2D eigenvalue weighted by atomic mass is 10.1. The lowest BCUT2D eigenvalue weighted by Crippen LogP contribution is -2.02. The number of methoxy groups -OCH3 is 1. The van der Waals surface area contributed by atoms with Gasteiger partial charge in [-0.2, -0.15) is 0 Å². The van der Waals surface area contributed by atoms with E-state index >= 15 is 0 Å². The Morgan fingerprint density at radius 2 is 1.81 bits per heavy atom. The molecule has 0 N–H and O–H groups in total. The summed E-state index contributed by atoms with van der Waals surface area (Å²) in [6, 6.07) is 10.4. The normalized spacial score (nSPS) is 10.3. The van der Waals surface area contributed by atoms with Crippen molar-refractivity contribution in [2.75, 3.05) is 7.11 Å². The molecule has 0 amide bonds. The van der Waals surface area contributed by atoms with E-state index in [9.17, 15) is 4.79 Å². The molecule has 0 bridgehead atoms. The van der Waals surface area contributed by atoms with Gasteiger partial charge in [-0.05, 0) is 52.4 Å². The quantitative estimate of drug-likeness (QED) is 0.386. The average Bonchev–Trinajstić information content (AvgIpc) is 2.49. The molecular weight excluding hydrogens is 426 g/mol. The molecule has 0 spiro atoms. The first-order valence-corrected chi connectivity index (χ1v) is 7.79. The molecule has 110 valence electrons. The van der Waals surface area contributed by atoms with Crippen LogP contribution < -0.4 is 4.74 Å². The van der Waals surface area contributed by atoms with Crippen molar-refractivity contribution in [2.45, 2.75) is 6.61 Å². The van der Waals surface area contributed by atoms with Crippen molar-refractivity contribution >= 4 is 51.8 Å². The lowest BCUT2D eigenvalue weighted by Gasteiger charge is -2.10. The van der Waals surface area contributed by atoms with Gasteiger partial charge in [-0.1, -0.05) is 35.3 Å². The molecule has 2 aromatic rings. The maximum Gasteiger partial charge on any atom is 0.337 e. The number of hydrogen-bond acceptors (Lipinski definition) is 3. The number of rotatable bonds is 4. The standard InChI is InChI=1S/C15H11Cl2IO3/c1-20-15(19)10-4-2-9(3-5-10)8-21-14-7-13(18)11(16)6-12(14)17/h2-7H,8H2,1H3. The molecule has 0 saturated heterocycles. The Kier molecular flexibility index (Phi) is 5.72. The molecule has 21 heavy (non-hydrogen) atoms. The van der Waals surface area contributed by atoms with Gasteiger partial charge in [-0.25, -0.2) is 4.79 Å². The van der Waals surface area contributed by atoms with Crippen LogP contribution >= 0.6 is 45.8 Å². The van der Waals surface area contributed by atoms with E-state index in [0.717, 1.165) is 9.13 Å². The number of benzene rings is 2. The molecular formula is C15H11Cl2IO3. The first-order chi connectivity index (χ1) is 10.0. The maximum absolute atomic E-state index is 11.3. The third-order valence-electron chi connectivity index (χ3n) is 2.74. The van der Waals surface area contributed by atoms with Crippen LogP contribution in [0.1, 0.15) is 15.9 Å². The van der Waals surface area contributed by atoms with E-state index in [1.165, 1.54) is 7.11 Å². The minimum atomic E-state index is -0.363. The van der Waals surface area contributed by atoms with Crippen LogP contribution in [0.3, 0.4) is 0 Å². The second kappa shape index (κ2) is 7.33. The summed E-state index contributed by atoms with van der Waals surface area (Å²) in [5.41, 5.74) is 1.42. The molecule has 0 radical (unpaired) electrons. The molecule has 0 aromatic heterocycles. The topological polar surface area (TPSA) is 35.5 Å². The molecule has 3 nitrogen and oxygen atoms in total. The second-order valence-corrected chi connectivity index (χ2v) is 6.15. The zero-order chi connectivity index (χ0) is 15.4. The molecule has 0 atom stereocenters. The predicted molar refractivity (Wildman–Crippen MR) is 91.3 cm³/mol. The number of hydrogen-bond donors (Lipinski definition) is 0. The van der Waals surface area contributed by atoms with Gasteiger partial charge in [0.15, 0.2) is 0 Å². The smallest absolute Gasteiger partial charge is 0.337 e. The van der Waals surface area contributed by atoms with Crippen molar-refractivity contribution in [3.05, 3.63) is 61.1 Å². The molecule has 0 aliphatic heterocycles. The summed E-state index contributed by atoms with van der Waals surface area (Å²) in [6.45, 7) is 0.346. The van der Waals surface area contributed by atoms with Gasteiger partial charge in [-0.15, -0.1) is 0 Å². The highest BCUT2D eigenvalue weighted by Gasteiger charge is 2.08. The van der Waals surface area contributed by atoms with Gasteiger partial charge < -0.3 is 9.47 Å². The Balaban J connectivity index is 2.06. The van der Waals surface area contributed by atoms with Crippen LogP contribution in [-0.2, 0) is 11.3 Å². The van der Waals surface area contributed by atoms with Crippen molar-refractivity contribution in [3.63, 3.8) is 0 Å². The molecule has 2 rings (SSSR count). The zero-order valence-electron chi connectivity index (χ0n) is 11.0. The fourth-order valence-electron chi connectivity index (χ4n) is 1.63. The van der Waals surface area contributed by atoms with Crippen molar-refractivity contribution in [1.29, 1.82) is 0 Å². The molecule has 0 unspecified atom stereocenters. The lowest BCUT2D eigenvalue weighted by molar-refractivity contribution is 0.0600. The average molecular weight is 437 g/mol. The Labute approximate surface area is 146 Å². The summed E-state index contributed by atoms with van der Waals surface area (Å²) in [7, 11) is 1.35. The van der Waals surface area contributed by atoms with Crippen LogP contribution in [0.5, 0.6) is 5.75 Å². The van der Waals surface area contributed by atoms with Gasteiger partial charge in [0.25, 0.3) is 0 Å². The molecule has 2 aromatic carbocycles. The van der Waals surface area contributed by atoms with Crippen LogP contribution in [0.25, 0.3) is 0 Å². The van der Waals surface area contributed by atoms with Gasteiger partial charge in [0, 0.05) is 3.57 Å². The number of halogens is 3. The van der Waals surface area contributed by atoms with Crippen molar-refractivity contribution in [1.82, 2.24) is 0 Å². The first-order valence-electron chi connectivity index (χ1n) is 5.96. The number of ether oxygens (including phenoxy) is 2. The Morgan fingerprint density at radius 3 is 2.43 bits per heavy atom. The van der Waals surface area contributed by atoms with Crippen molar-refractivity contribution in [3.8, 4) is 5.75 Å². The number of carbonyl (C=O) groups excluding carboxylic acids is 1. The second-order valence-electron chi connectivity index (χ2n) is 4.17. The van der Waals surface area contributed by atoms with Crippen LogP contribution in [0.2, 0.25) is 10.0 Å². The molecule has 0 fully saturated rings. The highest BCUT2D eigenvalue weighted by molar-refractivity contribution is 14.1. The summed E-state index contributed by atoms with van der Waals surface area (Å²) in [5, 5.41) is 1.06. The molecule has 0 aliphatic carbocycles. The summed E-state index contributed by atoms with van der Waals surface area (Å²) in [4.78, 5) is 11.3. The summed E-state index contributed by atoms with van der Waals surface area (Å²) >= 11 is 14.2. The minimum Gasteiger partial charge on any atom is -0.487 e. The molecule has 0 saturated carbocycles. The van der Waals surface area contributed by atoms with E-state index in [1.54, 1.807) is 36.4 Å². The van der Waals surface area contributed by atoms with E-state index < -0.39 is 0 Å². The third-order valence-corrected chi connectivity index (χ3v) is 4.56. The van der Waals surface area contributed by atoms with E-state index in [2.05, 4.69) is 27.3 Å². The van der Waals surface area contributed by atoms with Gasteiger partial charge >= 0.3 is 5.97 Å². The molecule has 0 aliphatic rings. The Bertz CT molecular complexity index is 657. The monoisotopic (exact) mass is 436 g/mol. The fourth-order valence-corrected chi connectivity index (χ4v) is 2.51. The first kappa shape index (κ1) is 16.4. The molecule has 0 heterocycles. The highest BCUT2D eigenvalue weighted by atomic mass is 127. The summed E-state index contributed by atoms with van der Waals surface area (Å²) in [5.74, 6) is 0.209. The number of carbonyl (C=O) groups is 1. The third kappa shape index (κ3) is 4.25. The summed E-state index contributed by atoms with van der Waals surface area (Å²) < 4.78 is 11.2. The van der Waals surface area contributed by atoms with E-state index in [1.807, 2.05) is 0 Å². The zero-order valence-corrected chi connectivity index (χ0v) is 14.7. The largest absolute Gasteiger partial charge is 0.487 e. The van der Waals surface area contributed by atoms with Crippen LogP contribution in [0.15, 0.2) is 36.4 Å². The Morgan fingerprint density at radius 1 is 1.14 bits per heavy atom. The van der Waals surface area contributed by atoms with Gasteiger partial charge in [-0.3, -0.25) is 0 Å². The van der Waals surface area contributed by atoms with E-state index in [0.29, 0.717) is 28.0 Å². The highest BCUT2D eigenvalue weighted by Crippen LogP contribution is 2.32. The van der Waals surface area contributed by atoms with Crippen molar-refractivity contribution in [2.24, 2.45) is 0 Å². The Hall–Kier alpha value is -0.980. The van der Waals surface area contributed by atoms with Gasteiger partial charge in [0.2, 0.25) is 0 Å². The van der Waals surface area contributed by atoms with Crippen LogP contribution in [0, 0.1) is 3.57 Å². The van der Waals surface area contributed by atoms with Gasteiger partial charge in [0.05, 0.1) is 22.7 Å². The van der Waals surface area contributed by atoms with E-state index in [4.69, 9.17) is 27.9 Å². The maximum atomic E-state index is 11.3.